The molecule has 0 aliphatic heterocycles. The minimum absolute atomic E-state index is 0.0607. The lowest BCUT2D eigenvalue weighted by molar-refractivity contribution is -0.142. The standard InChI is InChI=1S/C33H42BrN3O5S/c1-6-42-29-19-17-28(18-20-29)37(43(5,40)41)21-11-16-31(38)36(24-26-14-10-15-27(34)22-26)30(32(39)35-33(2,3)4)23-25-12-8-7-9-13-25/h7-10,12-15,17-20,22,30H,6,11,16,21,23-24H2,1-5H3,(H,35,39)/t30-/m1/s1. The molecule has 0 heterocycles. The van der Waals surface area contributed by atoms with Crippen LogP contribution in [0.5, 0.6) is 5.75 Å². The van der Waals surface area contributed by atoms with E-state index >= 15 is 0 Å². The zero-order valence-corrected chi connectivity index (χ0v) is 27.9. The molecular weight excluding hydrogens is 630 g/mol. The lowest BCUT2D eigenvalue weighted by Gasteiger charge is -2.34. The van der Waals surface area contributed by atoms with Gasteiger partial charge < -0.3 is 15.0 Å². The highest BCUT2D eigenvalue weighted by Gasteiger charge is 2.32. The number of benzene rings is 3. The topological polar surface area (TPSA) is 96.0 Å². The van der Waals surface area contributed by atoms with Gasteiger partial charge in [0.15, 0.2) is 0 Å². The van der Waals surface area contributed by atoms with E-state index in [2.05, 4.69) is 21.2 Å². The maximum absolute atomic E-state index is 14.0. The lowest BCUT2D eigenvalue weighted by Crippen LogP contribution is -2.54. The molecule has 0 aliphatic rings. The second-order valence-electron chi connectivity index (χ2n) is 11.5. The molecule has 0 radical (unpaired) electrons. The Morgan fingerprint density at radius 2 is 1.60 bits per heavy atom. The molecule has 8 nitrogen and oxygen atoms in total. The van der Waals surface area contributed by atoms with Crippen molar-refractivity contribution in [3.63, 3.8) is 0 Å². The summed E-state index contributed by atoms with van der Waals surface area (Å²) in [6.07, 6.45) is 1.82. The van der Waals surface area contributed by atoms with E-state index in [0.29, 0.717) is 24.5 Å². The Balaban J connectivity index is 1.88. The molecule has 0 aromatic heterocycles. The summed E-state index contributed by atoms with van der Waals surface area (Å²) in [6, 6.07) is 23.3. The van der Waals surface area contributed by atoms with Crippen LogP contribution in [0, 0.1) is 0 Å². The predicted molar refractivity (Wildman–Crippen MR) is 176 cm³/mol. The summed E-state index contributed by atoms with van der Waals surface area (Å²) in [6.45, 7) is 8.45. The van der Waals surface area contributed by atoms with Gasteiger partial charge in [-0.25, -0.2) is 8.42 Å². The predicted octanol–water partition coefficient (Wildman–Crippen LogP) is 5.95. The molecule has 232 valence electrons. The number of hydrogen-bond donors (Lipinski definition) is 1. The first-order valence-corrected chi connectivity index (χ1v) is 17.0. The van der Waals surface area contributed by atoms with Crippen LogP contribution in [-0.4, -0.2) is 56.1 Å². The van der Waals surface area contributed by atoms with Gasteiger partial charge >= 0.3 is 0 Å². The monoisotopic (exact) mass is 671 g/mol. The number of carbonyl (C=O) groups is 2. The number of sulfonamides is 1. The zero-order chi connectivity index (χ0) is 31.6. The van der Waals surface area contributed by atoms with E-state index in [1.165, 1.54) is 4.31 Å². The highest BCUT2D eigenvalue weighted by atomic mass is 79.9. The van der Waals surface area contributed by atoms with Crippen LogP contribution in [0.15, 0.2) is 83.3 Å². The van der Waals surface area contributed by atoms with Crippen LogP contribution in [-0.2, 0) is 32.6 Å². The molecule has 2 amide bonds. The molecule has 0 bridgehead atoms. The van der Waals surface area contributed by atoms with Crippen molar-refractivity contribution >= 4 is 43.5 Å². The maximum atomic E-state index is 14.0. The van der Waals surface area contributed by atoms with Gasteiger partial charge in [0.2, 0.25) is 21.8 Å². The van der Waals surface area contributed by atoms with E-state index in [0.717, 1.165) is 21.9 Å². The van der Waals surface area contributed by atoms with Crippen LogP contribution >= 0.6 is 15.9 Å². The molecule has 0 aliphatic carbocycles. The van der Waals surface area contributed by atoms with Crippen molar-refractivity contribution < 1.29 is 22.7 Å². The lowest BCUT2D eigenvalue weighted by atomic mass is 10.00. The summed E-state index contributed by atoms with van der Waals surface area (Å²) in [5.41, 5.74) is 1.80. The third-order valence-electron chi connectivity index (χ3n) is 6.60. The molecular formula is C33H42BrN3O5S. The summed E-state index contributed by atoms with van der Waals surface area (Å²) in [7, 11) is -3.61. The van der Waals surface area contributed by atoms with Gasteiger partial charge in [-0.05, 0) is 81.6 Å². The molecule has 3 rings (SSSR count). The molecule has 1 atom stereocenters. The van der Waals surface area contributed by atoms with Gasteiger partial charge in [-0.2, -0.15) is 0 Å². The van der Waals surface area contributed by atoms with Crippen LogP contribution < -0.4 is 14.4 Å². The number of rotatable bonds is 14. The molecule has 10 heteroatoms. The largest absolute Gasteiger partial charge is 0.494 e. The Labute approximate surface area is 264 Å². The summed E-state index contributed by atoms with van der Waals surface area (Å²) < 4.78 is 33.0. The first kappa shape index (κ1) is 34.1. The Bertz CT molecular complexity index is 1460. The van der Waals surface area contributed by atoms with Crippen molar-refractivity contribution in [3.8, 4) is 5.75 Å². The van der Waals surface area contributed by atoms with Crippen LogP contribution in [0.25, 0.3) is 0 Å². The van der Waals surface area contributed by atoms with Crippen molar-refractivity contribution in [2.24, 2.45) is 0 Å². The Morgan fingerprint density at radius 3 is 2.19 bits per heavy atom. The van der Waals surface area contributed by atoms with Gasteiger partial charge in [0, 0.05) is 35.9 Å². The van der Waals surface area contributed by atoms with Crippen LogP contribution in [0.1, 0.15) is 51.7 Å². The van der Waals surface area contributed by atoms with Gasteiger partial charge in [0.05, 0.1) is 18.6 Å². The smallest absolute Gasteiger partial charge is 0.243 e. The van der Waals surface area contributed by atoms with Crippen molar-refractivity contribution in [1.82, 2.24) is 10.2 Å². The number of anilines is 1. The number of nitrogens with zero attached hydrogens (tertiary/aromatic N) is 2. The third kappa shape index (κ3) is 11.0. The number of hydrogen-bond acceptors (Lipinski definition) is 5. The fraction of sp³-hybridized carbons (Fsp3) is 0.394. The van der Waals surface area contributed by atoms with Gasteiger partial charge in [0.25, 0.3) is 0 Å². The third-order valence-corrected chi connectivity index (χ3v) is 8.29. The van der Waals surface area contributed by atoms with E-state index in [1.54, 1.807) is 29.2 Å². The first-order chi connectivity index (χ1) is 20.3. The van der Waals surface area contributed by atoms with Crippen molar-refractivity contribution in [2.75, 3.05) is 23.7 Å². The van der Waals surface area contributed by atoms with Crippen molar-refractivity contribution in [1.29, 1.82) is 0 Å². The summed E-state index contributed by atoms with van der Waals surface area (Å²) in [5.74, 6) is 0.174. The molecule has 3 aromatic carbocycles. The fourth-order valence-electron chi connectivity index (χ4n) is 4.72. The van der Waals surface area contributed by atoms with E-state index in [9.17, 15) is 18.0 Å². The van der Waals surface area contributed by atoms with E-state index in [1.807, 2.05) is 82.3 Å². The summed E-state index contributed by atoms with van der Waals surface area (Å²) in [5, 5.41) is 3.06. The second-order valence-corrected chi connectivity index (χ2v) is 14.3. The maximum Gasteiger partial charge on any atom is 0.243 e. The van der Waals surface area contributed by atoms with Crippen LogP contribution in [0.3, 0.4) is 0 Å². The minimum Gasteiger partial charge on any atom is -0.494 e. The summed E-state index contributed by atoms with van der Waals surface area (Å²) >= 11 is 3.51. The first-order valence-electron chi connectivity index (χ1n) is 14.4. The van der Waals surface area contributed by atoms with Gasteiger partial charge in [-0.3, -0.25) is 13.9 Å². The average Bonchev–Trinajstić information content (AvgIpc) is 2.92. The molecule has 0 saturated heterocycles. The molecule has 0 saturated carbocycles. The van der Waals surface area contributed by atoms with Crippen molar-refractivity contribution in [3.05, 3.63) is 94.5 Å². The summed E-state index contributed by atoms with van der Waals surface area (Å²) in [4.78, 5) is 29.3. The molecule has 0 spiro atoms. The minimum atomic E-state index is -3.61. The highest BCUT2D eigenvalue weighted by Crippen LogP contribution is 2.23. The van der Waals surface area contributed by atoms with E-state index < -0.39 is 21.6 Å². The van der Waals surface area contributed by atoms with Gasteiger partial charge in [-0.1, -0.05) is 58.4 Å². The average molecular weight is 673 g/mol. The van der Waals surface area contributed by atoms with Gasteiger partial charge in [0.1, 0.15) is 11.8 Å². The number of halogens is 1. The Morgan fingerprint density at radius 1 is 0.953 bits per heavy atom. The Hall–Kier alpha value is -3.37. The number of ether oxygens (including phenoxy) is 1. The van der Waals surface area contributed by atoms with Crippen LogP contribution in [0.2, 0.25) is 0 Å². The van der Waals surface area contributed by atoms with Crippen molar-refractivity contribution in [2.45, 2.75) is 65.1 Å². The number of carbonyl (C=O) groups excluding carboxylic acids is 2. The van der Waals surface area contributed by atoms with Crippen LogP contribution in [0.4, 0.5) is 5.69 Å². The Kier molecular flexibility index (Phi) is 12.2. The molecule has 43 heavy (non-hydrogen) atoms. The van der Waals surface area contributed by atoms with E-state index in [-0.39, 0.29) is 37.7 Å². The highest BCUT2D eigenvalue weighted by molar-refractivity contribution is 9.10. The number of nitrogens with one attached hydrogen (secondary N) is 1. The van der Waals surface area contributed by atoms with Gasteiger partial charge in [-0.15, -0.1) is 0 Å². The second kappa shape index (κ2) is 15.4. The molecule has 0 unspecified atom stereocenters. The fourth-order valence-corrected chi connectivity index (χ4v) is 6.13. The SMILES string of the molecule is CCOc1ccc(N(CCCC(=O)N(Cc2cccc(Br)c2)[C@H](Cc2ccccc2)C(=O)NC(C)(C)C)S(C)(=O)=O)cc1. The molecule has 3 aromatic rings. The van der Waals surface area contributed by atoms with E-state index in [4.69, 9.17) is 4.74 Å². The molecule has 0 fully saturated rings. The zero-order valence-electron chi connectivity index (χ0n) is 25.5. The quantitative estimate of drug-likeness (QED) is 0.229. The normalized spacial score (nSPS) is 12.3. The number of amides is 2. The molecule has 1 N–H and O–H groups in total.